The number of pyridine rings is 1. The van der Waals surface area contributed by atoms with Crippen molar-refractivity contribution in [1.82, 2.24) is 15.2 Å². The second kappa shape index (κ2) is 9.67. The van der Waals surface area contributed by atoms with Crippen molar-refractivity contribution < 1.29 is 4.79 Å². The van der Waals surface area contributed by atoms with E-state index >= 15 is 0 Å². The third-order valence-corrected chi connectivity index (χ3v) is 4.74. The molecule has 1 unspecified atom stereocenters. The van der Waals surface area contributed by atoms with E-state index in [2.05, 4.69) is 31.1 Å². The number of hydrogen-bond acceptors (Lipinski definition) is 4. The van der Waals surface area contributed by atoms with Gasteiger partial charge in [-0.1, -0.05) is 0 Å². The maximum atomic E-state index is 12.5. The molecule has 1 aromatic rings. The van der Waals surface area contributed by atoms with Gasteiger partial charge in [0.05, 0.1) is 5.92 Å². The van der Waals surface area contributed by atoms with Crippen molar-refractivity contribution in [3.8, 4) is 0 Å². The zero-order chi connectivity index (χ0) is 14.7. The summed E-state index contributed by atoms with van der Waals surface area (Å²) in [7, 11) is 0. The largest absolute Gasteiger partial charge is 0.353 e. The van der Waals surface area contributed by atoms with Gasteiger partial charge in [0.2, 0.25) is 5.91 Å². The first-order valence-corrected chi connectivity index (χ1v) is 8.39. The molecule has 3 rings (SSSR count). The molecule has 0 spiro atoms. The first kappa shape index (κ1) is 20.5. The summed E-state index contributed by atoms with van der Waals surface area (Å²) in [5.74, 6) is 1.49. The summed E-state index contributed by atoms with van der Waals surface area (Å²) in [6.45, 7) is 5.21. The summed E-state index contributed by atoms with van der Waals surface area (Å²) in [6, 6.07) is 4.03. The lowest BCUT2D eigenvalue weighted by molar-refractivity contribution is -0.136. The molecule has 130 valence electrons. The van der Waals surface area contributed by atoms with E-state index in [1.807, 2.05) is 23.2 Å². The fourth-order valence-corrected chi connectivity index (χ4v) is 3.27. The normalized spacial score (nSPS) is 21.2. The Balaban J connectivity index is 0.00000132. The molecule has 3 heterocycles. The van der Waals surface area contributed by atoms with Crippen LogP contribution in [0, 0.1) is 5.92 Å². The van der Waals surface area contributed by atoms with E-state index in [9.17, 15) is 4.79 Å². The van der Waals surface area contributed by atoms with E-state index in [0.717, 1.165) is 62.4 Å². The highest BCUT2D eigenvalue weighted by molar-refractivity contribution is 9.10. The van der Waals surface area contributed by atoms with E-state index in [-0.39, 0.29) is 30.7 Å². The van der Waals surface area contributed by atoms with Gasteiger partial charge in [-0.15, -0.1) is 24.8 Å². The molecular formula is C15H23BrCl2N4O. The number of rotatable bonds is 2. The molecule has 2 aliphatic heterocycles. The molecule has 1 N–H and O–H groups in total. The highest BCUT2D eigenvalue weighted by Gasteiger charge is 2.28. The predicted octanol–water partition coefficient (Wildman–Crippen LogP) is 2.34. The number of anilines is 1. The minimum absolute atomic E-state index is 0. The summed E-state index contributed by atoms with van der Waals surface area (Å²) in [5, 5.41) is 3.32. The third-order valence-electron chi connectivity index (χ3n) is 4.27. The number of amides is 1. The second-order valence-electron chi connectivity index (χ2n) is 5.69. The maximum absolute atomic E-state index is 12.5. The van der Waals surface area contributed by atoms with Crippen molar-refractivity contribution in [2.24, 2.45) is 5.92 Å². The molecule has 2 fully saturated rings. The number of piperidine rings is 1. The SMILES string of the molecule is Cl.Cl.O=C(C1CCCNC1)N1CCN(c2ccc(Br)cn2)CC1. The number of piperazine rings is 1. The van der Waals surface area contributed by atoms with Crippen molar-refractivity contribution in [2.75, 3.05) is 44.2 Å². The molecule has 8 heteroatoms. The number of carbonyl (C=O) groups is 1. The van der Waals surface area contributed by atoms with Gasteiger partial charge >= 0.3 is 0 Å². The average Bonchev–Trinajstić information content (AvgIpc) is 2.56. The molecule has 5 nitrogen and oxygen atoms in total. The molecule has 0 aromatic carbocycles. The Bertz CT molecular complexity index is 489. The van der Waals surface area contributed by atoms with Gasteiger partial charge in [0.15, 0.2) is 0 Å². The Morgan fingerprint density at radius 1 is 1.22 bits per heavy atom. The summed E-state index contributed by atoms with van der Waals surface area (Å²) >= 11 is 3.40. The van der Waals surface area contributed by atoms with Crippen LogP contribution >= 0.6 is 40.7 Å². The summed E-state index contributed by atoms with van der Waals surface area (Å²) < 4.78 is 0.991. The van der Waals surface area contributed by atoms with Crippen LogP contribution in [-0.4, -0.2) is 55.1 Å². The average molecular weight is 426 g/mol. The smallest absolute Gasteiger partial charge is 0.227 e. The summed E-state index contributed by atoms with van der Waals surface area (Å²) in [4.78, 5) is 21.2. The monoisotopic (exact) mass is 424 g/mol. The van der Waals surface area contributed by atoms with E-state index in [4.69, 9.17) is 0 Å². The molecule has 1 atom stereocenters. The lowest BCUT2D eigenvalue weighted by atomic mass is 9.98. The zero-order valence-corrected chi connectivity index (χ0v) is 16.1. The molecule has 2 aliphatic rings. The lowest BCUT2D eigenvalue weighted by Gasteiger charge is -2.37. The van der Waals surface area contributed by atoms with Gasteiger partial charge in [0.25, 0.3) is 0 Å². The van der Waals surface area contributed by atoms with Crippen molar-refractivity contribution in [1.29, 1.82) is 0 Å². The number of halogens is 3. The fraction of sp³-hybridized carbons (Fsp3) is 0.600. The zero-order valence-electron chi connectivity index (χ0n) is 12.9. The van der Waals surface area contributed by atoms with Crippen LogP contribution < -0.4 is 10.2 Å². The van der Waals surface area contributed by atoms with Crippen LogP contribution in [0.15, 0.2) is 22.8 Å². The predicted molar refractivity (Wildman–Crippen MR) is 101 cm³/mol. The van der Waals surface area contributed by atoms with E-state index in [1.54, 1.807) is 0 Å². The van der Waals surface area contributed by atoms with Gasteiger partial charge in [-0.3, -0.25) is 4.79 Å². The molecule has 1 aromatic heterocycles. The lowest BCUT2D eigenvalue weighted by Crippen LogP contribution is -2.52. The number of carbonyl (C=O) groups excluding carboxylic acids is 1. The van der Waals surface area contributed by atoms with Crippen molar-refractivity contribution in [2.45, 2.75) is 12.8 Å². The Kier molecular flexibility index (Phi) is 8.61. The molecule has 23 heavy (non-hydrogen) atoms. The van der Waals surface area contributed by atoms with Gasteiger partial charge in [0, 0.05) is 43.4 Å². The number of nitrogens with one attached hydrogen (secondary N) is 1. The standard InChI is InChI=1S/C15H21BrN4O.2ClH/c16-13-3-4-14(18-11-13)19-6-8-20(9-7-19)15(21)12-2-1-5-17-10-12;;/h3-4,11-12,17H,1-2,5-10H2;2*1H. The van der Waals surface area contributed by atoms with Gasteiger partial charge in [-0.25, -0.2) is 4.98 Å². The number of nitrogens with zero attached hydrogens (tertiary/aromatic N) is 3. The summed E-state index contributed by atoms with van der Waals surface area (Å²) in [6.07, 6.45) is 3.96. The van der Waals surface area contributed by atoms with Crippen LogP contribution in [-0.2, 0) is 4.79 Å². The fourth-order valence-electron chi connectivity index (χ4n) is 3.03. The molecule has 0 radical (unpaired) electrons. The van der Waals surface area contributed by atoms with Crippen LogP contribution in [0.2, 0.25) is 0 Å². The Labute approximate surface area is 158 Å². The van der Waals surface area contributed by atoms with E-state index in [1.165, 1.54) is 0 Å². The highest BCUT2D eigenvalue weighted by atomic mass is 79.9. The van der Waals surface area contributed by atoms with Gasteiger partial charge in [-0.2, -0.15) is 0 Å². The van der Waals surface area contributed by atoms with Crippen LogP contribution in [0.25, 0.3) is 0 Å². The van der Waals surface area contributed by atoms with E-state index < -0.39 is 0 Å². The highest BCUT2D eigenvalue weighted by Crippen LogP contribution is 2.19. The molecular weight excluding hydrogens is 403 g/mol. The van der Waals surface area contributed by atoms with Crippen molar-refractivity contribution in [3.63, 3.8) is 0 Å². The first-order chi connectivity index (χ1) is 10.2. The molecule has 2 saturated heterocycles. The van der Waals surface area contributed by atoms with E-state index in [0.29, 0.717) is 5.91 Å². The number of hydrogen-bond donors (Lipinski definition) is 1. The topological polar surface area (TPSA) is 48.5 Å². The van der Waals surface area contributed by atoms with Crippen molar-refractivity contribution in [3.05, 3.63) is 22.8 Å². The van der Waals surface area contributed by atoms with Crippen LogP contribution in [0.3, 0.4) is 0 Å². The van der Waals surface area contributed by atoms with Crippen molar-refractivity contribution >= 4 is 52.5 Å². The van der Waals surface area contributed by atoms with Crippen LogP contribution in [0.4, 0.5) is 5.82 Å². The van der Waals surface area contributed by atoms with Crippen LogP contribution in [0.1, 0.15) is 12.8 Å². The third kappa shape index (κ3) is 5.21. The maximum Gasteiger partial charge on any atom is 0.227 e. The summed E-state index contributed by atoms with van der Waals surface area (Å²) in [5.41, 5.74) is 0. The first-order valence-electron chi connectivity index (χ1n) is 7.60. The Hall–Kier alpha value is -0.560. The minimum atomic E-state index is 0. The molecule has 0 bridgehead atoms. The van der Waals surface area contributed by atoms with Gasteiger partial charge in [-0.05, 0) is 47.4 Å². The Morgan fingerprint density at radius 2 is 1.96 bits per heavy atom. The molecule has 0 saturated carbocycles. The number of aromatic nitrogens is 1. The van der Waals surface area contributed by atoms with Gasteiger partial charge < -0.3 is 15.1 Å². The molecule has 1 amide bonds. The molecule has 0 aliphatic carbocycles. The van der Waals surface area contributed by atoms with Crippen LogP contribution in [0.5, 0.6) is 0 Å². The quantitative estimate of drug-likeness (QED) is 0.789. The Morgan fingerprint density at radius 3 is 2.52 bits per heavy atom. The second-order valence-corrected chi connectivity index (χ2v) is 6.61. The minimum Gasteiger partial charge on any atom is -0.353 e. The van der Waals surface area contributed by atoms with Gasteiger partial charge in [0.1, 0.15) is 5.82 Å².